The Morgan fingerprint density at radius 2 is 1.89 bits per heavy atom. The molecule has 0 aliphatic heterocycles. The Balaban J connectivity index is 1.68. The molecule has 27 heavy (non-hydrogen) atoms. The molecule has 9 heteroatoms. The standard InChI is InChI=1S/C18H10ClN3O3S2/c19-11-4-1-9(2-5-11)16-15(18(24)25)13(8-26-16)20-17(23)10-3-6-14-12(7-10)21-22-27-14/h1-8H,(H,20,23)(H,24,25). The van der Waals surface area contributed by atoms with Gasteiger partial charge in [0.2, 0.25) is 0 Å². The first-order valence-electron chi connectivity index (χ1n) is 7.67. The van der Waals surface area contributed by atoms with Gasteiger partial charge in [-0.3, -0.25) is 4.79 Å². The SMILES string of the molecule is O=C(Nc1csc(-c2ccc(Cl)cc2)c1C(=O)O)c1ccc2snnc2c1. The molecule has 0 spiro atoms. The zero-order valence-electron chi connectivity index (χ0n) is 13.5. The summed E-state index contributed by atoms with van der Waals surface area (Å²) in [6.07, 6.45) is 0. The summed E-state index contributed by atoms with van der Waals surface area (Å²) < 4.78 is 4.71. The van der Waals surface area contributed by atoms with Crippen LogP contribution in [0.4, 0.5) is 5.69 Å². The Morgan fingerprint density at radius 1 is 1.11 bits per heavy atom. The minimum absolute atomic E-state index is 0.0482. The van der Waals surface area contributed by atoms with Crippen molar-refractivity contribution in [2.24, 2.45) is 0 Å². The number of thiophene rings is 1. The highest BCUT2D eigenvalue weighted by molar-refractivity contribution is 7.14. The highest BCUT2D eigenvalue weighted by Gasteiger charge is 2.21. The van der Waals surface area contributed by atoms with Crippen molar-refractivity contribution in [2.75, 3.05) is 5.32 Å². The van der Waals surface area contributed by atoms with Gasteiger partial charge in [-0.25, -0.2) is 4.79 Å². The highest BCUT2D eigenvalue weighted by Crippen LogP contribution is 2.36. The number of rotatable bonds is 4. The van der Waals surface area contributed by atoms with E-state index in [0.29, 0.717) is 21.0 Å². The molecule has 0 bridgehead atoms. The summed E-state index contributed by atoms with van der Waals surface area (Å²) in [5, 5.41) is 18.5. The quantitative estimate of drug-likeness (QED) is 0.488. The number of halogens is 1. The van der Waals surface area contributed by atoms with E-state index in [4.69, 9.17) is 11.6 Å². The lowest BCUT2D eigenvalue weighted by molar-refractivity contribution is 0.0699. The van der Waals surface area contributed by atoms with Crippen LogP contribution in [0.3, 0.4) is 0 Å². The third kappa shape index (κ3) is 3.42. The van der Waals surface area contributed by atoms with Crippen molar-refractivity contribution in [3.8, 4) is 10.4 Å². The van der Waals surface area contributed by atoms with Gasteiger partial charge in [-0.15, -0.1) is 16.4 Å². The predicted octanol–water partition coefficient (Wildman–Crippen LogP) is 5.02. The topological polar surface area (TPSA) is 92.2 Å². The number of carboxylic acids is 1. The average Bonchev–Trinajstić information content (AvgIpc) is 3.28. The third-order valence-corrected chi connectivity index (χ3v) is 5.85. The zero-order valence-corrected chi connectivity index (χ0v) is 15.9. The van der Waals surface area contributed by atoms with Crippen LogP contribution in [0.25, 0.3) is 20.7 Å². The summed E-state index contributed by atoms with van der Waals surface area (Å²) in [6.45, 7) is 0. The number of hydrogen-bond donors (Lipinski definition) is 2. The molecule has 0 atom stereocenters. The van der Waals surface area contributed by atoms with Gasteiger partial charge in [0.1, 0.15) is 11.1 Å². The molecular formula is C18H10ClN3O3S2. The number of anilines is 1. The number of nitrogens with one attached hydrogen (secondary N) is 1. The second-order valence-corrected chi connectivity index (χ2v) is 7.68. The minimum atomic E-state index is -1.12. The average molecular weight is 416 g/mol. The van der Waals surface area contributed by atoms with Gasteiger partial charge in [0.25, 0.3) is 5.91 Å². The number of fused-ring (bicyclic) bond motifs is 1. The van der Waals surface area contributed by atoms with Crippen LogP contribution < -0.4 is 5.32 Å². The van der Waals surface area contributed by atoms with Crippen LogP contribution in [-0.2, 0) is 0 Å². The van der Waals surface area contributed by atoms with Gasteiger partial charge in [-0.2, -0.15) is 0 Å². The molecule has 1 amide bonds. The van der Waals surface area contributed by atoms with E-state index < -0.39 is 11.9 Å². The van der Waals surface area contributed by atoms with Crippen LogP contribution >= 0.6 is 34.5 Å². The van der Waals surface area contributed by atoms with Crippen molar-refractivity contribution in [3.05, 3.63) is 64.0 Å². The van der Waals surface area contributed by atoms with E-state index in [9.17, 15) is 14.7 Å². The molecule has 2 aromatic heterocycles. The fraction of sp³-hybridized carbons (Fsp3) is 0. The van der Waals surface area contributed by atoms with E-state index in [2.05, 4.69) is 14.9 Å². The Labute approximate surface area is 166 Å². The van der Waals surface area contributed by atoms with E-state index in [-0.39, 0.29) is 11.3 Å². The van der Waals surface area contributed by atoms with E-state index in [0.717, 1.165) is 10.3 Å². The second kappa shape index (κ2) is 7.07. The molecule has 0 saturated heterocycles. The largest absolute Gasteiger partial charge is 0.478 e. The summed E-state index contributed by atoms with van der Waals surface area (Å²) in [5.74, 6) is -1.52. The van der Waals surface area contributed by atoms with Crippen molar-refractivity contribution in [2.45, 2.75) is 0 Å². The zero-order chi connectivity index (χ0) is 19.0. The van der Waals surface area contributed by atoms with E-state index in [1.165, 1.54) is 22.9 Å². The lowest BCUT2D eigenvalue weighted by Gasteiger charge is -2.06. The fourth-order valence-corrected chi connectivity index (χ4v) is 4.26. The number of aromatic nitrogens is 2. The predicted molar refractivity (Wildman–Crippen MR) is 107 cm³/mol. The van der Waals surface area contributed by atoms with Gasteiger partial charge in [0.15, 0.2) is 0 Å². The Kier molecular flexibility index (Phi) is 4.61. The first kappa shape index (κ1) is 17.6. The maximum Gasteiger partial charge on any atom is 0.339 e. The van der Waals surface area contributed by atoms with Gasteiger partial charge >= 0.3 is 5.97 Å². The molecule has 0 saturated carbocycles. The van der Waals surface area contributed by atoms with Crippen LogP contribution in [0, 0.1) is 0 Å². The molecule has 0 unspecified atom stereocenters. The highest BCUT2D eigenvalue weighted by atomic mass is 35.5. The maximum atomic E-state index is 12.6. The van der Waals surface area contributed by atoms with Gasteiger partial charge < -0.3 is 10.4 Å². The van der Waals surface area contributed by atoms with E-state index >= 15 is 0 Å². The number of aromatic carboxylic acids is 1. The number of carbonyl (C=O) groups excluding carboxylic acids is 1. The van der Waals surface area contributed by atoms with Crippen LogP contribution in [0.1, 0.15) is 20.7 Å². The van der Waals surface area contributed by atoms with Gasteiger partial charge in [-0.05, 0) is 47.4 Å². The molecule has 4 aromatic rings. The van der Waals surface area contributed by atoms with Gasteiger partial charge in [0.05, 0.1) is 15.3 Å². The number of amides is 1. The Bertz CT molecular complexity index is 1170. The monoisotopic (exact) mass is 415 g/mol. The summed E-state index contributed by atoms with van der Waals surface area (Å²) in [6, 6.07) is 11.9. The van der Waals surface area contributed by atoms with Gasteiger partial charge in [-0.1, -0.05) is 28.2 Å². The number of nitrogens with zero attached hydrogens (tertiary/aromatic N) is 2. The molecule has 0 fully saturated rings. The van der Waals surface area contributed by atoms with Crippen molar-refractivity contribution >= 4 is 62.3 Å². The van der Waals surface area contributed by atoms with Gasteiger partial charge in [0, 0.05) is 16.0 Å². The van der Waals surface area contributed by atoms with Crippen molar-refractivity contribution < 1.29 is 14.7 Å². The van der Waals surface area contributed by atoms with Crippen LogP contribution in [-0.4, -0.2) is 26.6 Å². The van der Waals surface area contributed by atoms with Crippen molar-refractivity contribution in [1.82, 2.24) is 9.59 Å². The molecule has 4 rings (SSSR count). The summed E-state index contributed by atoms with van der Waals surface area (Å²) in [4.78, 5) is 24.9. The number of carbonyl (C=O) groups is 2. The molecule has 134 valence electrons. The summed E-state index contributed by atoms with van der Waals surface area (Å²) >= 11 is 8.38. The summed E-state index contributed by atoms with van der Waals surface area (Å²) in [5.41, 5.74) is 2.02. The molecular weight excluding hydrogens is 406 g/mol. The lowest BCUT2D eigenvalue weighted by atomic mass is 10.1. The van der Waals surface area contributed by atoms with Crippen LogP contribution in [0.2, 0.25) is 5.02 Å². The van der Waals surface area contributed by atoms with E-state index in [1.807, 2.05) is 0 Å². The normalized spacial score (nSPS) is 10.9. The number of benzene rings is 2. The smallest absolute Gasteiger partial charge is 0.339 e. The number of hydrogen-bond acceptors (Lipinski definition) is 6. The molecule has 0 radical (unpaired) electrons. The molecule has 6 nitrogen and oxygen atoms in total. The molecule has 0 aliphatic carbocycles. The maximum absolute atomic E-state index is 12.6. The Hall–Kier alpha value is -2.81. The molecule has 2 N–H and O–H groups in total. The second-order valence-electron chi connectivity index (χ2n) is 5.58. The fourth-order valence-electron chi connectivity index (χ4n) is 2.59. The first-order chi connectivity index (χ1) is 13.0. The molecule has 0 aliphatic rings. The van der Waals surface area contributed by atoms with Crippen molar-refractivity contribution in [3.63, 3.8) is 0 Å². The lowest BCUT2D eigenvalue weighted by Crippen LogP contribution is -2.14. The number of carboxylic acid groups (broad SMARTS) is 1. The minimum Gasteiger partial charge on any atom is -0.478 e. The molecule has 2 aromatic carbocycles. The van der Waals surface area contributed by atoms with Crippen LogP contribution in [0.15, 0.2) is 47.8 Å². The van der Waals surface area contributed by atoms with Crippen LogP contribution in [0.5, 0.6) is 0 Å². The van der Waals surface area contributed by atoms with Crippen molar-refractivity contribution in [1.29, 1.82) is 0 Å². The first-order valence-corrected chi connectivity index (χ1v) is 9.70. The van der Waals surface area contributed by atoms with E-state index in [1.54, 1.807) is 47.8 Å². The summed E-state index contributed by atoms with van der Waals surface area (Å²) in [7, 11) is 0. The Morgan fingerprint density at radius 3 is 2.63 bits per heavy atom. The third-order valence-electron chi connectivity index (χ3n) is 3.87. The molecule has 2 heterocycles.